The molecule has 3 nitrogen and oxygen atoms in total. The first-order valence-corrected chi connectivity index (χ1v) is 15.7. The Kier molecular flexibility index (Phi) is 16.9. The molecule has 0 fully saturated rings. The molecule has 0 bridgehead atoms. The summed E-state index contributed by atoms with van der Waals surface area (Å²) in [7, 11) is 0. The molecule has 0 aliphatic carbocycles. The Morgan fingerprint density at radius 2 is 1.02 bits per heavy atom. The lowest BCUT2D eigenvalue weighted by molar-refractivity contribution is 0.174. The number of hydrogen-bond donors (Lipinski definition) is 1. The average Bonchev–Trinajstić information content (AvgIpc) is 3.39. The Morgan fingerprint density at radius 3 is 1.51 bits per heavy atom. The summed E-state index contributed by atoms with van der Waals surface area (Å²) in [5.41, 5.74) is 10.1. The van der Waals surface area contributed by atoms with Crippen molar-refractivity contribution in [3.05, 3.63) is 93.7 Å². The maximum absolute atomic E-state index is 5.46. The molecule has 1 heterocycles. The van der Waals surface area contributed by atoms with Gasteiger partial charge in [0.1, 0.15) is 0 Å². The molecule has 1 aliphatic rings. The van der Waals surface area contributed by atoms with Crippen molar-refractivity contribution in [2.45, 2.75) is 119 Å². The number of rotatable bonds is 19. The van der Waals surface area contributed by atoms with Crippen LogP contribution < -0.4 is 14.8 Å². The largest absolute Gasteiger partial charge is 0.454 e. The fourth-order valence-corrected chi connectivity index (χ4v) is 4.80. The second kappa shape index (κ2) is 20.2. The zero-order valence-corrected chi connectivity index (χ0v) is 27.2. The van der Waals surface area contributed by atoms with Crippen molar-refractivity contribution in [3.63, 3.8) is 0 Å². The number of allylic oxidation sites excluding steroid dienone is 11. The van der Waals surface area contributed by atoms with Gasteiger partial charge >= 0.3 is 0 Å². The smallest absolute Gasteiger partial charge is 0.231 e. The van der Waals surface area contributed by atoms with Gasteiger partial charge in [0.25, 0.3) is 0 Å². The van der Waals surface area contributed by atoms with E-state index in [2.05, 4.69) is 102 Å². The van der Waals surface area contributed by atoms with Crippen LogP contribution >= 0.6 is 0 Å². The third-order valence-electron chi connectivity index (χ3n) is 7.58. The Balaban J connectivity index is 1.55. The predicted molar refractivity (Wildman–Crippen MR) is 179 cm³/mol. The van der Waals surface area contributed by atoms with Gasteiger partial charge < -0.3 is 14.8 Å². The zero-order chi connectivity index (χ0) is 29.9. The second-order valence-electron chi connectivity index (χ2n) is 12.0. The lowest BCUT2D eigenvalue weighted by Crippen LogP contribution is -2.13. The van der Waals surface area contributed by atoms with Crippen LogP contribution in [0.1, 0.15) is 118 Å². The third kappa shape index (κ3) is 16.3. The van der Waals surface area contributed by atoms with Crippen LogP contribution in [0.25, 0.3) is 0 Å². The fourth-order valence-electron chi connectivity index (χ4n) is 4.80. The van der Waals surface area contributed by atoms with Gasteiger partial charge in [-0.15, -0.1) is 0 Å². The lowest BCUT2D eigenvalue weighted by atomic mass is 10.0. The maximum atomic E-state index is 5.46. The van der Waals surface area contributed by atoms with Crippen molar-refractivity contribution >= 4 is 0 Å². The number of benzene rings is 1. The topological polar surface area (TPSA) is 30.5 Å². The van der Waals surface area contributed by atoms with E-state index in [4.69, 9.17) is 9.47 Å². The van der Waals surface area contributed by atoms with Gasteiger partial charge in [-0.05, 0) is 130 Å². The van der Waals surface area contributed by atoms with E-state index in [0.717, 1.165) is 63.1 Å². The Hall–Kier alpha value is -2.78. The Labute approximate surface area is 252 Å². The van der Waals surface area contributed by atoms with E-state index in [1.165, 1.54) is 64.7 Å². The SMILES string of the molecule is CC(C)=CCCC(C)=CCCC(C)=CCCC(C)=CCCC(C)=CCCC(C)=CCNCc1ccc2c(c1)OCO2. The van der Waals surface area contributed by atoms with Crippen molar-refractivity contribution < 1.29 is 9.47 Å². The first-order valence-electron chi connectivity index (χ1n) is 15.7. The summed E-state index contributed by atoms with van der Waals surface area (Å²) in [6.07, 6.45) is 25.9. The molecule has 0 radical (unpaired) electrons. The number of nitrogens with one attached hydrogen (secondary N) is 1. The summed E-state index contributed by atoms with van der Waals surface area (Å²) in [5, 5.41) is 3.50. The van der Waals surface area contributed by atoms with Gasteiger partial charge in [0.15, 0.2) is 11.5 Å². The van der Waals surface area contributed by atoms with Crippen LogP contribution in [0.3, 0.4) is 0 Å². The maximum Gasteiger partial charge on any atom is 0.231 e. The molecule has 0 unspecified atom stereocenters. The molecule has 41 heavy (non-hydrogen) atoms. The van der Waals surface area contributed by atoms with Gasteiger partial charge in [0, 0.05) is 13.1 Å². The molecule has 0 saturated carbocycles. The van der Waals surface area contributed by atoms with E-state index in [-0.39, 0.29) is 0 Å². The summed E-state index contributed by atoms with van der Waals surface area (Å²) in [4.78, 5) is 0. The first kappa shape index (κ1) is 34.4. The molecule has 226 valence electrons. The molecule has 0 aromatic heterocycles. The van der Waals surface area contributed by atoms with Gasteiger partial charge in [0.2, 0.25) is 6.79 Å². The summed E-state index contributed by atoms with van der Waals surface area (Å²) >= 11 is 0. The number of hydrogen-bond acceptors (Lipinski definition) is 3. The summed E-state index contributed by atoms with van der Waals surface area (Å²) in [6, 6.07) is 6.14. The zero-order valence-electron chi connectivity index (χ0n) is 27.2. The highest BCUT2D eigenvalue weighted by molar-refractivity contribution is 5.44. The van der Waals surface area contributed by atoms with E-state index in [9.17, 15) is 0 Å². The van der Waals surface area contributed by atoms with Gasteiger partial charge in [-0.1, -0.05) is 76.0 Å². The standard InChI is InChI=1S/C38H57NO2/c1-30(2)13-8-14-31(3)15-9-16-32(4)17-10-18-33(5)19-11-20-34(6)21-12-22-35(7)25-26-39-28-36-23-24-37-38(27-36)41-29-40-37/h13,15,17,19,21,23-25,27,39H,8-12,14,16,18,20,22,26,28-29H2,1-7H3. The monoisotopic (exact) mass is 559 g/mol. The van der Waals surface area contributed by atoms with E-state index in [0.29, 0.717) is 6.79 Å². The van der Waals surface area contributed by atoms with Crippen LogP contribution in [-0.4, -0.2) is 13.3 Å². The molecule has 1 aromatic rings. The number of fused-ring (bicyclic) bond motifs is 1. The molecule has 1 aromatic carbocycles. The molecule has 0 saturated heterocycles. The Morgan fingerprint density at radius 1 is 0.585 bits per heavy atom. The van der Waals surface area contributed by atoms with Crippen molar-refractivity contribution in [2.75, 3.05) is 13.3 Å². The van der Waals surface area contributed by atoms with Crippen LogP contribution in [0, 0.1) is 0 Å². The van der Waals surface area contributed by atoms with Crippen molar-refractivity contribution in [3.8, 4) is 11.5 Å². The molecule has 2 rings (SSSR count). The molecule has 0 amide bonds. The van der Waals surface area contributed by atoms with Crippen LogP contribution in [0.15, 0.2) is 88.1 Å². The number of ether oxygens (including phenoxy) is 2. The minimum absolute atomic E-state index is 0.326. The van der Waals surface area contributed by atoms with Gasteiger partial charge in [0.05, 0.1) is 0 Å². The van der Waals surface area contributed by atoms with Crippen molar-refractivity contribution in [1.29, 1.82) is 0 Å². The van der Waals surface area contributed by atoms with Crippen molar-refractivity contribution in [1.82, 2.24) is 5.32 Å². The van der Waals surface area contributed by atoms with Crippen molar-refractivity contribution in [2.24, 2.45) is 0 Å². The normalized spacial score (nSPS) is 14.6. The fraction of sp³-hybridized carbons (Fsp3) is 0.526. The Bertz CT molecular complexity index is 1110. The van der Waals surface area contributed by atoms with Crippen LogP contribution in [-0.2, 0) is 6.54 Å². The first-order chi connectivity index (χ1) is 19.7. The van der Waals surface area contributed by atoms with Gasteiger partial charge in [-0.3, -0.25) is 0 Å². The van der Waals surface area contributed by atoms with E-state index in [1.54, 1.807) is 0 Å². The van der Waals surface area contributed by atoms with Gasteiger partial charge in [-0.2, -0.15) is 0 Å². The van der Waals surface area contributed by atoms with Crippen LogP contribution in [0.4, 0.5) is 0 Å². The third-order valence-corrected chi connectivity index (χ3v) is 7.58. The molecule has 1 aliphatic heterocycles. The predicted octanol–water partition coefficient (Wildman–Crippen LogP) is 11.1. The minimum atomic E-state index is 0.326. The summed E-state index contributed by atoms with van der Waals surface area (Å²) in [6.45, 7) is 17.7. The van der Waals surface area contributed by atoms with E-state index < -0.39 is 0 Å². The highest BCUT2D eigenvalue weighted by Gasteiger charge is 2.12. The average molecular weight is 560 g/mol. The molecular formula is C38H57NO2. The second-order valence-corrected chi connectivity index (χ2v) is 12.0. The molecule has 0 spiro atoms. The van der Waals surface area contributed by atoms with Gasteiger partial charge in [-0.25, -0.2) is 0 Å². The quantitative estimate of drug-likeness (QED) is 0.135. The van der Waals surface area contributed by atoms with Crippen LogP contribution in [0.5, 0.6) is 11.5 Å². The molecular weight excluding hydrogens is 502 g/mol. The van der Waals surface area contributed by atoms with Crippen LogP contribution in [0.2, 0.25) is 0 Å². The summed E-state index contributed by atoms with van der Waals surface area (Å²) in [5.74, 6) is 1.69. The molecule has 3 heteroatoms. The van der Waals surface area contributed by atoms with E-state index in [1.807, 2.05) is 6.07 Å². The highest BCUT2D eigenvalue weighted by atomic mass is 16.7. The summed E-state index contributed by atoms with van der Waals surface area (Å²) < 4.78 is 10.8. The highest BCUT2D eigenvalue weighted by Crippen LogP contribution is 2.32. The lowest BCUT2D eigenvalue weighted by Gasteiger charge is -2.05. The molecule has 0 atom stereocenters. The van der Waals surface area contributed by atoms with E-state index >= 15 is 0 Å². The minimum Gasteiger partial charge on any atom is -0.454 e. The molecule has 1 N–H and O–H groups in total.